The summed E-state index contributed by atoms with van der Waals surface area (Å²) in [4.78, 5) is 6.12. The zero-order valence-electron chi connectivity index (χ0n) is 8.93. The van der Waals surface area contributed by atoms with Gasteiger partial charge in [-0.25, -0.2) is 4.98 Å². The molecule has 82 valence electrons. The minimum absolute atomic E-state index is 0.0779. The monoisotopic (exact) mass is 207 g/mol. The smallest absolute Gasteiger partial charge is 0.125 e. The highest BCUT2D eigenvalue weighted by molar-refractivity contribution is 5.51. The van der Waals surface area contributed by atoms with Crippen LogP contribution in [0.25, 0.3) is 0 Å². The fourth-order valence-corrected chi connectivity index (χ4v) is 2.02. The van der Waals surface area contributed by atoms with Crippen LogP contribution in [-0.4, -0.2) is 29.8 Å². The molecule has 15 heavy (non-hydrogen) atoms. The van der Waals surface area contributed by atoms with Crippen LogP contribution in [-0.2, 0) is 0 Å². The first-order valence-corrected chi connectivity index (χ1v) is 5.26. The van der Waals surface area contributed by atoms with Crippen LogP contribution in [0.1, 0.15) is 12.8 Å². The van der Waals surface area contributed by atoms with Crippen molar-refractivity contribution >= 4 is 11.5 Å². The van der Waals surface area contributed by atoms with Crippen LogP contribution in [0, 0.1) is 5.92 Å². The van der Waals surface area contributed by atoms with Crippen LogP contribution in [0.15, 0.2) is 18.3 Å². The van der Waals surface area contributed by atoms with Gasteiger partial charge >= 0.3 is 0 Å². The third-order valence-electron chi connectivity index (χ3n) is 2.95. The van der Waals surface area contributed by atoms with Crippen molar-refractivity contribution in [1.82, 2.24) is 4.98 Å². The molecule has 2 rings (SSSR count). The van der Waals surface area contributed by atoms with Crippen molar-refractivity contribution in [3.8, 4) is 0 Å². The van der Waals surface area contributed by atoms with Crippen molar-refractivity contribution in [2.24, 2.45) is 5.92 Å². The minimum atomic E-state index is -0.0779. The maximum absolute atomic E-state index is 9.20. The molecule has 1 saturated carbocycles. The van der Waals surface area contributed by atoms with Crippen LogP contribution < -0.4 is 10.6 Å². The molecule has 0 aliphatic heterocycles. The summed E-state index contributed by atoms with van der Waals surface area (Å²) < 4.78 is 0. The Kier molecular flexibility index (Phi) is 2.77. The van der Waals surface area contributed by atoms with E-state index in [9.17, 15) is 5.11 Å². The van der Waals surface area contributed by atoms with Gasteiger partial charge in [0.2, 0.25) is 0 Å². The molecule has 1 aromatic rings. The highest BCUT2D eigenvalue weighted by Crippen LogP contribution is 2.29. The summed E-state index contributed by atoms with van der Waals surface area (Å²) in [6.45, 7) is 0.973. The lowest BCUT2D eigenvalue weighted by Gasteiger charge is -2.35. The van der Waals surface area contributed by atoms with Crippen molar-refractivity contribution in [3.05, 3.63) is 18.3 Å². The van der Waals surface area contributed by atoms with E-state index in [1.165, 1.54) is 0 Å². The van der Waals surface area contributed by atoms with Crippen LogP contribution in [0.4, 0.5) is 11.5 Å². The van der Waals surface area contributed by atoms with Gasteiger partial charge < -0.3 is 15.7 Å². The molecular formula is C11H17N3O. The second-order valence-electron chi connectivity index (χ2n) is 4.31. The molecule has 1 fully saturated rings. The van der Waals surface area contributed by atoms with Gasteiger partial charge in [-0.1, -0.05) is 0 Å². The number of aliphatic hydroxyl groups excluding tert-OH is 1. The molecule has 1 aliphatic carbocycles. The Morgan fingerprint density at radius 1 is 1.60 bits per heavy atom. The van der Waals surface area contributed by atoms with Crippen molar-refractivity contribution in [1.29, 1.82) is 0 Å². The summed E-state index contributed by atoms with van der Waals surface area (Å²) in [6.07, 6.45) is 3.48. The van der Waals surface area contributed by atoms with Gasteiger partial charge in [-0.3, -0.25) is 0 Å². The Hall–Kier alpha value is -1.29. The summed E-state index contributed by atoms with van der Waals surface area (Å²) in [5.74, 6) is 1.16. The Bertz CT molecular complexity index is 336. The van der Waals surface area contributed by atoms with E-state index in [4.69, 9.17) is 5.73 Å². The molecule has 3 N–H and O–H groups in total. The molecule has 0 bridgehead atoms. The number of nitrogen functional groups attached to an aromatic ring is 1. The SMILES string of the molecule is CN(CC1CC(O)C1)c1ccnc(N)c1. The van der Waals surface area contributed by atoms with Gasteiger partial charge in [-0.2, -0.15) is 0 Å². The van der Waals surface area contributed by atoms with Crippen molar-refractivity contribution < 1.29 is 5.11 Å². The Morgan fingerprint density at radius 3 is 2.93 bits per heavy atom. The largest absolute Gasteiger partial charge is 0.393 e. The molecule has 4 heteroatoms. The van der Waals surface area contributed by atoms with Gasteiger partial charge in [0.15, 0.2) is 0 Å². The molecule has 4 nitrogen and oxygen atoms in total. The topological polar surface area (TPSA) is 62.4 Å². The number of aliphatic hydroxyl groups is 1. The summed E-state index contributed by atoms with van der Waals surface area (Å²) >= 11 is 0. The van der Waals surface area contributed by atoms with Crippen LogP contribution >= 0.6 is 0 Å². The van der Waals surface area contributed by atoms with Gasteiger partial charge in [0.25, 0.3) is 0 Å². The number of aromatic nitrogens is 1. The quantitative estimate of drug-likeness (QED) is 0.772. The normalized spacial score (nSPS) is 24.7. The van der Waals surface area contributed by atoms with E-state index in [0.29, 0.717) is 11.7 Å². The number of pyridine rings is 1. The Balaban J connectivity index is 1.93. The van der Waals surface area contributed by atoms with E-state index in [1.54, 1.807) is 6.20 Å². The molecule has 0 aromatic carbocycles. The first kappa shape index (κ1) is 10.2. The fraction of sp³-hybridized carbons (Fsp3) is 0.545. The fourth-order valence-electron chi connectivity index (χ4n) is 2.02. The third kappa shape index (κ3) is 2.39. The summed E-state index contributed by atoms with van der Waals surface area (Å²) in [7, 11) is 2.04. The summed E-state index contributed by atoms with van der Waals surface area (Å²) in [5.41, 5.74) is 6.70. The van der Waals surface area contributed by atoms with Crippen molar-refractivity contribution in [3.63, 3.8) is 0 Å². The van der Waals surface area contributed by atoms with Gasteiger partial charge in [0.05, 0.1) is 6.10 Å². The zero-order chi connectivity index (χ0) is 10.8. The van der Waals surface area contributed by atoms with Gasteiger partial charge in [0.1, 0.15) is 5.82 Å². The average Bonchev–Trinajstić information content (AvgIpc) is 2.15. The maximum Gasteiger partial charge on any atom is 0.125 e. The molecule has 0 radical (unpaired) electrons. The minimum Gasteiger partial charge on any atom is -0.393 e. The predicted octanol–water partition coefficient (Wildman–Crippen LogP) is 0.871. The highest BCUT2D eigenvalue weighted by atomic mass is 16.3. The van der Waals surface area contributed by atoms with Gasteiger partial charge in [-0.05, 0) is 24.8 Å². The van der Waals surface area contributed by atoms with E-state index in [1.807, 2.05) is 19.2 Å². The molecule has 1 aliphatic rings. The van der Waals surface area contributed by atoms with Crippen LogP contribution in [0.2, 0.25) is 0 Å². The molecule has 0 atom stereocenters. The maximum atomic E-state index is 9.20. The van der Waals surface area contributed by atoms with E-state index >= 15 is 0 Å². The molecule has 0 spiro atoms. The molecular weight excluding hydrogens is 190 g/mol. The number of rotatable bonds is 3. The van der Waals surface area contributed by atoms with Crippen molar-refractivity contribution in [2.75, 3.05) is 24.2 Å². The van der Waals surface area contributed by atoms with E-state index in [-0.39, 0.29) is 6.10 Å². The lowest BCUT2D eigenvalue weighted by molar-refractivity contribution is 0.0465. The number of hydrogen-bond donors (Lipinski definition) is 2. The first-order valence-electron chi connectivity index (χ1n) is 5.26. The lowest BCUT2D eigenvalue weighted by atomic mass is 9.82. The van der Waals surface area contributed by atoms with E-state index < -0.39 is 0 Å². The number of nitrogens with two attached hydrogens (primary N) is 1. The molecule has 1 heterocycles. The Labute approximate surface area is 89.7 Å². The lowest BCUT2D eigenvalue weighted by Crippen LogP contribution is -2.37. The number of anilines is 2. The standard InChI is InChI=1S/C11H17N3O/c1-14(7-8-4-10(15)5-8)9-2-3-13-11(12)6-9/h2-3,6,8,10,15H,4-5,7H2,1H3,(H2,12,13). The molecule has 0 saturated heterocycles. The third-order valence-corrected chi connectivity index (χ3v) is 2.95. The average molecular weight is 207 g/mol. The summed E-state index contributed by atoms with van der Waals surface area (Å²) in [5, 5.41) is 9.20. The van der Waals surface area contributed by atoms with Gasteiger partial charge in [0, 0.05) is 31.5 Å². The second-order valence-corrected chi connectivity index (χ2v) is 4.31. The molecule has 1 aromatic heterocycles. The molecule has 0 amide bonds. The van der Waals surface area contributed by atoms with Gasteiger partial charge in [-0.15, -0.1) is 0 Å². The zero-order valence-corrected chi connectivity index (χ0v) is 8.93. The first-order chi connectivity index (χ1) is 7.15. The predicted molar refractivity (Wildman–Crippen MR) is 60.7 cm³/mol. The van der Waals surface area contributed by atoms with E-state index in [0.717, 1.165) is 25.1 Å². The van der Waals surface area contributed by atoms with Crippen molar-refractivity contribution in [2.45, 2.75) is 18.9 Å². The van der Waals surface area contributed by atoms with Crippen LogP contribution in [0.5, 0.6) is 0 Å². The number of hydrogen-bond acceptors (Lipinski definition) is 4. The Morgan fingerprint density at radius 2 is 2.33 bits per heavy atom. The number of nitrogens with zero attached hydrogens (tertiary/aromatic N) is 2. The van der Waals surface area contributed by atoms with E-state index in [2.05, 4.69) is 9.88 Å². The second kappa shape index (κ2) is 4.06. The van der Waals surface area contributed by atoms with Crippen LogP contribution in [0.3, 0.4) is 0 Å². The summed E-state index contributed by atoms with van der Waals surface area (Å²) in [6, 6.07) is 3.82. The highest BCUT2D eigenvalue weighted by Gasteiger charge is 2.27. The molecule has 0 unspecified atom stereocenters.